The average molecular weight is 246 g/mol. The van der Waals surface area contributed by atoms with Gasteiger partial charge in [0.05, 0.1) is 6.54 Å². The van der Waals surface area contributed by atoms with Gasteiger partial charge in [-0.3, -0.25) is 0 Å². The maximum Gasteiger partial charge on any atom is 0.186 e. The molecule has 0 fully saturated rings. The van der Waals surface area contributed by atoms with Crippen molar-refractivity contribution >= 4 is 21.9 Å². The summed E-state index contributed by atoms with van der Waals surface area (Å²) in [5.74, 6) is -0.360. The lowest BCUT2D eigenvalue weighted by Gasteiger charge is -1.99. The van der Waals surface area contributed by atoms with Crippen LogP contribution in [0.25, 0.3) is 0 Å². The minimum absolute atomic E-state index is 0.0395. The van der Waals surface area contributed by atoms with Crippen molar-refractivity contribution in [1.82, 2.24) is 0 Å². The van der Waals surface area contributed by atoms with E-state index in [1.807, 2.05) is 0 Å². The number of aliphatic imine (C=N–C) groups is 1. The smallest absolute Gasteiger partial charge is 0.186 e. The van der Waals surface area contributed by atoms with Gasteiger partial charge in [0, 0.05) is 10.0 Å². The van der Waals surface area contributed by atoms with E-state index in [1.54, 1.807) is 12.1 Å². The standard InChI is InChI=1S/C8H9BrFN3/c9-6-2-1-5(7(10)3-6)4-13-8(11)12/h1-3H,4H2,(H4,11,12,13). The van der Waals surface area contributed by atoms with Crippen LogP contribution in [0.1, 0.15) is 5.56 Å². The number of rotatable bonds is 2. The van der Waals surface area contributed by atoms with Gasteiger partial charge in [-0.05, 0) is 12.1 Å². The first-order chi connectivity index (χ1) is 6.09. The summed E-state index contributed by atoms with van der Waals surface area (Å²) in [6.45, 7) is 0.168. The first-order valence-electron chi connectivity index (χ1n) is 3.59. The SMILES string of the molecule is NC(N)=NCc1ccc(Br)cc1F. The van der Waals surface area contributed by atoms with E-state index in [0.29, 0.717) is 10.0 Å². The molecule has 1 rings (SSSR count). The molecule has 0 atom stereocenters. The highest BCUT2D eigenvalue weighted by Gasteiger charge is 2.00. The Labute approximate surface area is 83.8 Å². The summed E-state index contributed by atoms with van der Waals surface area (Å²) >= 11 is 3.15. The van der Waals surface area contributed by atoms with E-state index in [-0.39, 0.29) is 18.3 Å². The largest absolute Gasteiger partial charge is 0.370 e. The molecule has 0 heterocycles. The second-order valence-corrected chi connectivity index (χ2v) is 3.39. The molecule has 0 aromatic heterocycles. The summed E-state index contributed by atoms with van der Waals surface area (Å²) in [6.07, 6.45) is 0. The molecule has 4 N–H and O–H groups in total. The van der Waals surface area contributed by atoms with Crippen molar-refractivity contribution in [2.24, 2.45) is 16.5 Å². The van der Waals surface area contributed by atoms with E-state index >= 15 is 0 Å². The zero-order valence-corrected chi connectivity index (χ0v) is 8.38. The van der Waals surface area contributed by atoms with E-state index < -0.39 is 0 Å². The topological polar surface area (TPSA) is 64.4 Å². The van der Waals surface area contributed by atoms with Gasteiger partial charge in [0.2, 0.25) is 0 Å². The summed E-state index contributed by atoms with van der Waals surface area (Å²) in [5, 5.41) is 0. The quantitative estimate of drug-likeness (QED) is 0.611. The normalized spacial score (nSPS) is 9.69. The summed E-state index contributed by atoms with van der Waals surface area (Å²) < 4.78 is 13.8. The minimum atomic E-state index is -0.320. The zero-order valence-electron chi connectivity index (χ0n) is 6.80. The molecule has 0 saturated carbocycles. The molecule has 70 valence electrons. The van der Waals surface area contributed by atoms with Crippen molar-refractivity contribution < 1.29 is 4.39 Å². The average Bonchev–Trinajstić information content (AvgIpc) is 2.02. The fraction of sp³-hybridized carbons (Fsp3) is 0.125. The Morgan fingerprint density at radius 3 is 2.69 bits per heavy atom. The third kappa shape index (κ3) is 3.02. The van der Waals surface area contributed by atoms with Gasteiger partial charge in [-0.15, -0.1) is 0 Å². The number of guanidine groups is 1. The molecule has 0 bridgehead atoms. The lowest BCUT2D eigenvalue weighted by molar-refractivity contribution is 0.610. The molecular weight excluding hydrogens is 237 g/mol. The maximum atomic E-state index is 13.1. The number of halogens is 2. The van der Waals surface area contributed by atoms with Crippen molar-refractivity contribution in [1.29, 1.82) is 0 Å². The molecule has 0 amide bonds. The highest BCUT2D eigenvalue weighted by atomic mass is 79.9. The fourth-order valence-electron chi connectivity index (χ4n) is 0.826. The first kappa shape index (κ1) is 9.98. The monoisotopic (exact) mass is 245 g/mol. The van der Waals surface area contributed by atoms with Gasteiger partial charge in [0.1, 0.15) is 5.82 Å². The fourth-order valence-corrected chi connectivity index (χ4v) is 1.16. The molecule has 0 spiro atoms. The van der Waals surface area contributed by atoms with E-state index in [9.17, 15) is 4.39 Å². The number of hydrogen-bond donors (Lipinski definition) is 2. The molecule has 0 saturated heterocycles. The van der Waals surface area contributed by atoms with Gasteiger partial charge in [-0.1, -0.05) is 22.0 Å². The Balaban J connectivity index is 2.84. The van der Waals surface area contributed by atoms with Gasteiger partial charge in [0.25, 0.3) is 0 Å². The van der Waals surface area contributed by atoms with Gasteiger partial charge >= 0.3 is 0 Å². The maximum absolute atomic E-state index is 13.1. The number of benzene rings is 1. The van der Waals surface area contributed by atoms with Crippen molar-refractivity contribution in [3.8, 4) is 0 Å². The predicted octanol–water partition coefficient (Wildman–Crippen LogP) is 1.36. The molecule has 0 unspecified atom stereocenters. The number of nitrogens with zero attached hydrogens (tertiary/aromatic N) is 1. The summed E-state index contributed by atoms with van der Waals surface area (Å²) in [6, 6.07) is 4.74. The first-order valence-corrected chi connectivity index (χ1v) is 4.38. The van der Waals surface area contributed by atoms with Gasteiger partial charge < -0.3 is 11.5 Å². The highest BCUT2D eigenvalue weighted by molar-refractivity contribution is 9.10. The summed E-state index contributed by atoms with van der Waals surface area (Å²) in [7, 11) is 0. The second-order valence-electron chi connectivity index (χ2n) is 2.48. The van der Waals surface area contributed by atoms with Crippen molar-refractivity contribution in [3.63, 3.8) is 0 Å². The van der Waals surface area contributed by atoms with E-state index in [1.165, 1.54) is 6.07 Å². The van der Waals surface area contributed by atoms with Gasteiger partial charge in [-0.2, -0.15) is 0 Å². The zero-order chi connectivity index (χ0) is 9.84. The minimum Gasteiger partial charge on any atom is -0.370 e. The molecule has 3 nitrogen and oxygen atoms in total. The van der Waals surface area contributed by atoms with Crippen LogP contribution < -0.4 is 11.5 Å². The molecule has 1 aromatic carbocycles. The highest BCUT2D eigenvalue weighted by Crippen LogP contribution is 2.15. The van der Waals surface area contributed by atoms with Crippen molar-refractivity contribution in [2.45, 2.75) is 6.54 Å². The summed E-state index contributed by atoms with van der Waals surface area (Å²) in [4.78, 5) is 3.70. The van der Waals surface area contributed by atoms with Gasteiger partial charge in [0.15, 0.2) is 5.96 Å². The van der Waals surface area contributed by atoms with Crippen LogP contribution >= 0.6 is 15.9 Å². The lowest BCUT2D eigenvalue weighted by Crippen LogP contribution is -2.22. The molecule has 5 heteroatoms. The third-order valence-electron chi connectivity index (χ3n) is 1.45. The molecule has 1 aromatic rings. The Morgan fingerprint density at radius 2 is 2.15 bits per heavy atom. The molecule has 13 heavy (non-hydrogen) atoms. The molecule has 0 aliphatic carbocycles. The van der Waals surface area contributed by atoms with Crippen LogP contribution in [0.2, 0.25) is 0 Å². The lowest BCUT2D eigenvalue weighted by atomic mass is 10.2. The van der Waals surface area contributed by atoms with Crippen LogP contribution in [-0.2, 0) is 6.54 Å². The molecule has 0 radical (unpaired) electrons. The number of hydrogen-bond acceptors (Lipinski definition) is 1. The van der Waals surface area contributed by atoms with Crippen LogP contribution in [0.5, 0.6) is 0 Å². The Kier molecular flexibility index (Phi) is 3.25. The van der Waals surface area contributed by atoms with Crippen LogP contribution in [0.3, 0.4) is 0 Å². The molecular formula is C8H9BrFN3. The predicted molar refractivity (Wildman–Crippen MR) is 53.6 cm³/mol. The van der Waals surface area contributed by atoms with Crippen LogP contribution in [-0.4, -0.2) is 5.96 Å². The Morgan fingerprint density at radius 1 is 1.46 bits per heavy atom. The van der Waals surface area contributed by atoms with E-state index in [4.69, 9.17) is 11.5 Å². The van der Waals surface area contributed by atoms with Gasteiger partial charge in [-0.25, -0.2) is 9.38 Å². The number of nitrogens with two attached hydrogens (primary N) is 2. The second kappa shape index (κ2) is 4.23. The van der Waals surface area contributed by atoms with Crippen LogP contribution in [0, 0.1) is 5.82 Å². The van der Waals surface area contributed by atoms with Crippen LogP contribution in [0.15, 0.2) is 27.7 Å². The van der Waals surface area contributed by atoms with E-state index in [2.05, 4.69) is 20.9 Å². The Hall–Kier alpha value is -1.10. The molecule has 0 aliphatic rings. The third-order valence-corrected chi connectivity index (χ3v) is 1.94. The van der Waals surface area contributed by atoms with E-state index in [0.717, 1.165) is 0 Å². The molecule has 0 aliphatic heterocycles. The van der Waals surface area contributed by atoms with Crippen molar-refractivity contribution in [2.75, 3.05) is 0 Å². The van der Waals surface area contributed by atoms with Crippen molar-refractivity contribution in [3.05, 3.63) is 34.1 Å². The summed E-state index contributed by atoms with van der Waals surface area (Å²) in [5.41, 5.74) is 10.7. The van der Waals surface area contributed by atoms with Crippen LogP contribution in [0.4, 0.5) is 4.39 Å². The Bertz CT molecular complexity index is 334.